The van der Waals surface area contributed by atoms with Gasteiger partial charge in [0.05, 0.1) is 17.4 Å². The summed E-state index contributed by atoms with van der Waals surface area (Å²) in [6.45, 7) is 1.00. The van der Waals surface area contributed by atoms with E-state index in [9.17, 15) is 9.90 Å². The second kappa shape index (κ2) is 8.43. The zero-order chi connectivity index (χ0) is 20.2. The van der Waals surface area contributed by atoms with Crippen LogP contribution in [0.4, 0.5) is 0 Å². The fraction of sp³-hybridized carbons (Fsp3) is 0.217. The second-order valence-electron chi connectivity index (χ2n) is 7.20. The van der Waals surface area contributed by atoms with Crippen molar-refractivity contribution in [3.8, 4) is 5.75 Å². The number of nitrogens with zero attached hydrogens (tertiary/aromatic N) is 2. The van der Waals surface area contributed by atoms with Crippen LogP contribution in [-0.4, -0.2) is 46.3 Å². The highest BCUT2D eigenvalue weighted by molar-refractivity contribution is 5.83. The van der Waals surface area contributed by atoms with E-state index in [2.05, 4.69) is 9.97 Å². The minimum absolute atomic E-state index is 0.154. The maximum absolute atomic E-state index is 12.2. The molecule has 1 heterocycles. The summed E-state index contributed by atoms with van der Waals surface area (Å²) in [6.07, 6.45) is -0.668. The molecule has 0 spiro atoms. The molecule has 6 nitrogen and oxygen atoms in total. The Morgan fingerprint density at radius 1 is 1.07 bits per heavy atom. The first kappa shape index (κ1) is 19.1. The third kappa shape index (κ3) is 4.62. The van der Waals surface area contributed by atoms with Crippen LogP contribution in [0.25, 0.3) is 21.7 Å². The first-order valence-corrected chi connectivity index (χ1v) is 9.54. The first-order chi connectivity index (χ1) is 14.1. The molecule has 0 fully saturated rings. The molecule has 148 valence electrons. The smallest absolute Gasteiger partial charge is 0.258 e. The van der Waals surface area contributed by atoms with E-state index in [4.69, 9.17) is 4.74 Å². The molecule has 0 saturated heterocycles. The van der Waals surface area contributed by atoms with E-state index in [0.29, 0.717) is 29.8 Å². The summed E-state index contributed by atoms with van der Waals surface area (Å²) in [7, 11) is 1.87. The van der Waals surface area contributed by atoms with Crippen molar-refractivity contribution in [1.82, 2.24) is 14.9 Å². The molecule has 1 atom stereocenters. The standard InChI is InChI=1S/C23H23N3O3/c1-26(14-22-24-21-9-5-4-8-20(21)23(28)25-22)13-18(27)15-29-19-11-10-16-6-2-3-7-17(16)12-19/h2-12,18,27H,13-15H2,1H3,(H,24,25,28). The lowest BCUT2D eigenvalue weighted by atomic mass is 10.1. The molecule has 2 N–H and O–H groups in total. The van der Waals surface area contributed by atoms with Crippen molar-refractivity contribution in [2.45, 2.75) is 12.6 Å². The molecular weight excluding hydrogens is 366 g/mol. The Morgan fingerprint density at radius 3 is 2.69 bits per heavy atom. The van der Waals surface area contributed by atoms with Gasteiger partial charge in [0.25, 0.3) is 5.56 Å². The molecule has 0 aliphatic rings. The molecule has 3 aromatic carbocycles. The van der Waals surface area contributed by atoms with Crippen molar-refractivity contribution < 1.29 is 9.84 Å². The van der Waals surface area contributed by atoms with Gasteiger partial charge in [-0.15, -0.1) is 0 Å². The quantitative estimate of drug-likeness (QED) is 0.508. The zero-order valence-corrected chi connectivity index (χ0v) is 16.2. The van der Waals surface area contributed by atoms with Gasteiger partial charge in [0.2, 0.25) is 0 Å². The monoisotopic (exact) mass is 389 g/mol. The second-order valence-corrected chi connectivity index (χ2v) is 7.20. The highest BCUT2D eigenvalue weighted by Gasteiger charge is 2.12. The third-order valence-corrected chi connectivity index (χ3v) is 4.77. The summed E-state index contributed by atoms with van der Waals surface area (Å²) in [4.78, 5) is 21.4. The van der Waals surface area contributed by atoms with Gasteiger partial charge in [-0.3, -0.25) is 9.69 Å². The van der Waals surface area contributed by atoms with Crippen LogP contribution in [-0.2, 0) is 6.54 Å². The molecular formula is C23H23N3O3. The number of fused-ring (bicyclic) bond motifs is 2. The maximum Gasteiger partial charge on any atom is 0.258 e. The molecule has 0 aliphatic heterocycles. The number of benzene rings is 3. The number of H-pyrrole nitrogens is 1. The molecule has 0 bridgehead atoms. The summed E-state index contributed by atoms with van der Waals surface area (Å²) < 4.78 is 5.75. The molecule has 4 aromatic rings. The average Bonchev–Trinajstić information content (AvgIpc) is 2.72. The van der Waals surface area contributed by atoms with E-state index >= 15 is 0 Å². The number of aliphatic hydroxyl groups is 1. The predicted octanol–water partition coefficient (Wildman–Crippen LogP) is 2.95. The van der Waals surface area contributed by atoms with Crippen molar-refractivity contribution in [3.63, 3.8) is 0 Å². The number of likely N-dealkylation sites (N-methyl/N-ethyl adjacent to an activating group) is 1. The summed E-state index contributed by atoms with van der Waals surface area (Å²) in [5, 5.41) is 13.2. The maximum atomic E-state index is 12.2. The average molecular weight is 389 g/mol. The number of hydrogen-bond acceptors (Lipinski definition) is 5. The van der Waals surface area contributed by atoms with Crippen molar-refractivity contribution >= 4 is 21.7 Å². The number of nitrogens with one attached hydrogen (secondary N) is 1. The van der Waals surface area contributed by atoms with Gasteiger partial charge < -0.3 is 14.8 Å². The van der Waals surface area contributed by atoms with Gasteiger partial charge in [-0.2, -0.15) is 0 Å². The van der Waals surface area contributed by atoms with Crippen LogP contribution in [0.5, 0.6) is 5.75 Å². The lowest BCUT2D eigenvalue weighted by Gasteiger charge is -2.20. The van der Waals surface area contributed by atoms with Crippen LogP contribution in [0.1, 0.15) is 5.82 Å². The number of aromatic amines is 1. The van der Waals surface area contributed by atoms with Gasteiger partial charge >= 0.3 is 0 Å². The number of aliphatic hydroxyl groups excluding tert-OH is 1. The summed E-state index contributed by atoms with van der Waals surface area (Å²) in [5.41, 5.74) is 0.513. The number of ether oxygens (including phenoxy) is 1. The lowest BCUT2D eigenvalue weighted by molar-refractivity contribution is 0.0737. The van der Waals surface area contributed by atoms with Gasteiger partial charge in [-0.1, -0.05) is 42.5 Å². The predicted molar refractivity (Wildman–Crippen MR) is 114 cm³/mol. The molecule has 0 amide bonds. The van der Waals surface area contributed by atoms with E-state index in [1.54, 1.807) is 6.07 Å². The van der Waals surface area contributed by atoms with Crippen LogP contribution < -0.4 is 10.3 Å². The van der Waals surface area contributed by atoms with Crippen molar-refractivity contribution in [3.05, 3.63) is 82.9 Å². The Labute approximate surface area is 168 Å². The largest absolute Gasteiger partial charge is 0.491 e. The summed E-state index contributed by atoms with van der Waals surface area (Å²) in [5.74, 6) is 1.30. The van der Waals surface area contributed by atoms with Gasteiger partial charge in [0, 0.05) is 6.54 Å². The minimum atomic E-state index is -0.668. The van der Waals surface area contributed by atoms with E-state index in [1.807, 2.05) is 72.6 Å². The van der Waals surface area contributed by atoms with Gasteiger partial charge in [0.15, 0.2) is 0 Å². The van der Waals surface area contributed by atoms with Crippen LogP contribution in [0.2, 0.25) is 0 Å². The fourth-order valence-corrected chi connectivity index (χ4v) is 3.39. The van der Waals surface area contributed by atoms with Crippen LogP contribution >= 0.6 is 0 Å². The SMILES string of the molecule is CN(Cc1nc2ccccc2c(=O)[nH]1)CC(O)COc1ccc2ccccc2c1. The molecule has 1 aromatic heterocycles. The highest BCUT2D eigenvalue weighted by Crippen LogP contribution is 2.20. The molecule has 4 rings (SSSR count). The number of hydrogen-bond donors (Lipinski definition) is 2. The fourth-order valence-electron chi connectivity index (χ4n) is 3.39. The topological polar surface area (TPSA) is 78.5 Å². The Kier molecular flexibility index (Phi) is 5.55. The third-order valence-electron chi connectivity index (χ3n) is 4.77. The van der Waals surface area contributed by atoms with Crippen molar-refractivity contribution in [2.75, 3.05) is 20.2 Å². The van der Waals surface area contributed by atoms with Crippen LogP contribution in [0, 0.1) is 0 Å². The van der Waals surface area contributed by atoms with Crippen molar-refractivity contribution in [2.24, 2.45) is 0 Å². The summed E-state index contributed by atoms with van der Waals surface area (Å²) in [6, 6.07) is 21.2. The van der Waals surface area contributed by atoms with Gasteiger partial charge in [-0.25, -0.2) is 4.98 Å². The molecule has 29 heavy (non-hydrogen) atoms. The molecule has 0 aliphatic carbocycles. The van der Waals surface area contributed by atoms with E-state index in [0.717, 1.165) is 16.5 Å². The highest BCUT2D eigenvalue weighted by atomic mass is 16.5. The Morgan fingerprint density at radius 2 is 1.83 bits per heavy atom. The number of rotatable bonds is 7. The van der Waals surface area contributed by atoms with Crippen molar-refractivity contribution in [1.29, 1.82) is 0 Å². The molecule has 6 heteroatoms. The van der Waals surface area contributed by atoms with E-state index < -0.39 is 6.10 Å². The minimum Gasteiger partial charge on any atom is -0.491 e. The van der Waals surface area contributed by atoms with Gasteiger partial charge in [0.1, 0.15) is 24.3 Å². The zero-order valence-electron chi connectivity index (χ0n) is 16.2. The van der Waals surface area contributed by atoms with Crippen LogP contribution in [0.3, 0.4) is 0 Å². The molecule has 1 unspecified atom stereocenters. The first-order valence-electron chi connectivity index (χ1n) is 9.54. The molecule has 0 radical (unpaired) electrons. The summed E-state index contributed by atoms with van der Waals surface area (Å²) >= 11 is 0. The van der Waals surface area contributed by atoms with E-state index in [-0.39, 0.29) is 12.2 Å². The van der Waals surface area contributed by atoms with Gasteiger partial charge in [-0.05, 0) is 42.1 Å². The number of aromatic nitrogens is 2. The van der Waals surface area contributed by atoms with Crippen LogP contribution in [0.15, 0.2) is 71.5 Å². The Hall–Kier alpha value is -3.22. The normalized spacial score (nSPS) is 12.5. The van der Waals surface area contributed by atoms with E-state index in [1.165, 1.54) is 0 Å². The Balaban J connectivity index is 1.34. The molecule has 0 saturated carbocycles. The number of para-hydroxylation sites is 1. The lowest BCUT2D eigenvalue weighted by Crippen LogP contribution is -2.33. The Bertz CT molecular complexity index is 1190.